The Bertz CT molecular complexity index is 1330. The number of imidazole rings is 1. The Balaban J connectivity index is 3.34. The molecule has 5 nitrogen and oxygen atoms in total. The van der Waals surface area contributed by atoms with E-state index in [0.29, 0.717) is 0 Å². The first-order valence-electron chi connectivity index (χ1n) is 10.7. The second-order valence-electron chi connectivity index (χ2n) is 8.05. The quantitative estimate of drug-likeness (QED) is 0.756. The van der Waals surface area contributed by atoms with E-state index in [1.807, 2.05) is 58.6 Å². The number of nitrogens with one attached hydrogen (secondary N) is 1. The van der Waals surface area contributed by atoms with Crippen molar-refractivity contribution in [3.63, 3.8) is 0 Å². The average Bonchev–Trinajstić information content (AvgIpc) is 2.97. The molecule has 166 valence electrons. The summed E-state index contributed by atoms with van der Waals surface area (Å²) in [7, 11) is 5.51. The monoisotopic (exact) mass is 420 g/mol. The lowest BCUT2D eigenvalue weighted by molar-refractivity contribution is 0.690. The van der Waals surface area contributed by atoms with Gasteiger partial charge in [-0.3, -0.25) is 14.1 Å². The number of benzene rings is 1. The van der Waals surface area contributed by atoms with Crippen LogP contribution in [0.1, 0.15) is 45.7 Å². The van der Waals surface area contributed by atoms with Crippen LogP contribution < -0.4 is 21.6 Å². The molecule has 0 saturated heterocycles. The molecule has 5 heteroatoms. The SMILES string of the molecule is C=c1cc(C)c(/C(C=NC)=C/C)c/c1=c1/c(=C\C)n(C)c(=O)n1C(=C(C)C)C(C)NC. The van der Waals surface area contributed by atoms with Gasteiger partial charge in [0, 0.05) is 37.3 Å². The van der Waals surface area contributed by atoms with Crippen molar-refractivity contribution in [2.24, 2.45) is 12.0 Å². The smallest absolute Gasteiger partial charge is 0.312 e. The maximum Gasteiger partial charge on any atom is 0.333 e. The zero-order valence-corrected chi connectivity index (χ0v) is 20.4. The molecule has 1 unspecified atom stereocenters. The number of nitrogens with zero attached hydrogens (tertiary/aromatic N) is 3. The molecule has 1 N–H and O–H groups in total. The standard InChI is InChI=1S/C26H36N4O/c1-11-20(15-27-8)21-14-22(18(6)13-17(21)5)25-23(12-2)29(10)26(31)30(25)24(16(3)4)19(7)28-9/h11-15,19,28H,6H2,1-5,7-10H3/b20-11+,23-12+,25-22+,27-15?. The van der Waals surface area contributed by atoms with E-state index < -0.39 is 0 Å². The molecule has 0 spiro atoms. The highest BCUT2D eigenvalue weighted by Crippen LogP contribution is 2.18. The minimum absolute atomic E-state index is 0.00469. The van der Waals surface area contributed by atoms with E-state index in [4.69, 9.17) is 0 Å². The molecule has 1 aromatic carbocycles. The van der Waals surface area contributed by atoms with Crippen molar-refractivity contribution in [3.8, 4) is 0 Å². The summed E-state index contributed by atoms with van der Waals surface area (Å²) in [5, 5.41) is 6.86. The van der Waals surface area contributed by atoms with E-state index >= 15 is 0 Å². The summed E-state index contributed by atoms with van der Waals surface area (Å²) in [5.74, 6) is 0. The topological polar surface area (TPSA) is 51.3 Å². The van der Waals surface area contributed by atoms with E-state index in [9.17, 15) is 4.79 Å². The summed E-state index contributed by atoms with van der Waals surface area (Å²) in [6.45, 7) is 16.5. The van der Waals surface area contributed by atoms with Gasteiger partial charge in [-0.05, 0) is 76.6 Å². The summed E-state index contributed by atoms with van der Waals surface area (Å²) >= 11 is 0. The molecule has 1 aromatic heterocycles. The zero-order chi connectivity index (χ0) is 23.5. The minimum atomic E-state index is -0.0655. The van der Waals surface area contributed by atoms with Crippen LogP contribution in [0.2, 0.25) is 0 Å². The Kier molecular flexibility index (Phi) is 7.80. The Morgan fingerprint density at radius 2 is 1.90 bits per heavy atom. The number of hydrogen-bond acceptors (Lipinski definition) is 3. The van der Waals surface area contributed by atoms with E-state index in [1.54, 1.807) is 11.6 Å². The van der Waals surface area contributed by atoms with E-state index in [2.05, 4.69) is 48.9 Å². The summed E-state index contributed by atoms with van der Waals surface area (Å²) < 4.78 is 3.56. The average molecular weight is 421 g/mol. The first-order chi connectivity index (χ1) is 14.6. The van der Waals surface area contributed by atoms with Crippen molar-refractivity contribution >= 4 is 30.1 Å². The third-order valence-corrected chi connectivity index (χ3v) is 5.77. The van der Waals surface area contributed by atoms with Crippen LogP contribution in [0.15, 0.2) is 33.6 Å². The molecular formula is C26H36N4O. The number of allylic oxidation sites excluding steroid dienone is 3. The molecular weight excluding hydrogens is 384 g/mol. The van der Waals surface area contributed by atoms with E-state index in [-0.39, 0.29) is 11.7 Å². The van der Waals surface area contributed by atoms with E-state index in [1.165, 1.54) is 0 Å². The number of aliphatic imine (C=N–C) groups is 1. The van der Waals surface area contributed by atoms with Crippen LogP contribution in [0.25, 0.3) is 23.9 Å². The Morgan fingerprint density at radius 1 is 1.26 bits per heavy atom. The fourth-order valence-corrected chi connectivity index (χ4v) is 4.16. The number of aromatic nitrogens is 2. The summed E-state index contributed by atoms with van der Waals surface area (Å²) in [5.41, 5.74) is 5.22. The van der Waals surface area contributed by atoms with Gasteiger partial charge in [-0.2, -0.15) is 0 Å². The lowest BCUT2D eigenvalue weighted by Crippen LogP contribution is -2.33. The number of hydrogen-bond donors (Lipinski definition) is 1. The van der Waals surface area contributed by atoms with Gasteiger partial charge in [0.2, 0.25) is 0 Å². The van der Waals surface area contributed by atoms with Gasteiger partial charge in [-0.25, -0.2) is 4.79 Å². The molecule has 0 aliphatic heterocycles. The van der Waals surface area contributed by atoms with Crippen LogP contribution in [-0.2, 0) is 7.05 Å². The van der Waals surface area contributed by atoms with Gasteiger partial charge in [-0.1, -0.05) is 30.4 Å². The molecule has 0 bridgehead atoms. The lowest BCUT2D eigenvalue weighted by Gasteiger charge is -2.18. The third kappa shape index (κ3) is 4.42. The Hall–Kier alpha value is -2.92. The highest BCUT2D eigenvalue weighted by atomic mass is 16.1. The van der Waals surface area contributed by atoms with Crippen LogP contribution >= 0.6 is 0 Å². The lowest BCUT2D eigenvalue weighted by atomic mass is 9.98. The molecule has 0 fully saturated rings. The first-order valence-corrected chi connectivity index (χ1v) is 10.7. The van der Waals surface area contributed by atoms with Crippen LogP contribution in [0.5, 0.6) is 0 Å². The first kappa shape index (κ1) is 24.4. The number of rotatable bonds is 5. The highest BCUT2D eigenvalue weighted by Gasteiger charge is 2.18. The summed E-state index contributed by atoms with van der Waals surface area (Å²) in [6, 6.07) is 4.23. The molecule has 2 rings (SSSR count). The van der Waals surface area contributed by atoms with Gasteiger partial charge in [0.15, 0.2) is 0 Å². The van der Waals surface area contributed by atoms with Crippen molar-refractivity contribution in [2.45, 2.75) is 47.6 Å². The summed E-state index contributed by atoms with van der Waals surface area (Å²) in [6.07, 6.45) is 5.91. The van der Waals surface area contributed by atoms with Crippen molar-refractivity contribution in [1.82, 2.24) is 14.5 Å². The largest absolute Gasteiger partial charge is 0.333 e. The zero-order valence-electron chi connectivity index (χ0n) is 20.4. The molecule has 0 aliphatic carbocycles. The predicted octanol–water partition coefficient (Wildman–Crippen LogP) is 2.96. The summed E-state index contributed by atoms with van der Waals surface area (Å²) in [4.78, 5) is 17.7. The fraction of sp³-hybridized carbons (Fsp3) is 0.385. The molecule has 31 heavy (non-hydrogen) atoms. The van der Waals surface area contributed by atoms with Gasteiger partial charge in [0.25, 0.3) is 0 Å². The third-order valence-electron chi connectivity index (χ3n) is 5.77. The molecule has 1 heterocycles. The van der Waals surface area contributed by atoms with Crippen molar-refractivity contribution in [2.75, 3.05) is 14.1 Å². The van der Waals surface area contributed by atoms with Gasteiger partial charge < -0.3 is 5.32 Å². The van der Waals surface area contributed by atoms with Crippen LogP contribution in [0, 0.1) is 17.5 Å². The molecule has 0 saturated carbocycles. The predicted molar refractivity (Wildman–Crippen MR) is 135 cm³/mol. The molecule has 0 radical (unpaired) electrons. The van der Waals surface area contributed by atoms with Crippen molar-refractivity contribution < 1.29 is 0 Å². The second-order valence-corrected chi connectivity index (χ2v) is 8.05. The number of likely N-dealkylation sites (N-methyl/N-ethyl adjacent to an activating group) is 1. The second kappa shape index (κ2) is 9.92. The number of aryl methyl sites for hydroxylation is 1. The normalized spacial score (nSPS) is 15.0. The Morgan fingerprint density at radius 3 is 2.39 bits per heavy atom. The fourth-order valence-electron chi connectivity index (χ4n) is 4.16. The maximum atomic E-state index is 13.5. The molecule has 0 amide bonds. The van der Waals surface area contributed by atoms with Gasteiger partial charge in [0.05, 0.1) is 10.7 Å². The van der Waals surface area contributed by atoms with Gasteiger partial charge in [0.1, 0.15) is 0 Å². The highest BCUT2D eigenvalue weighted by molar-refractivity contribution is 6.10. The van der Waals surface area contributed by atoms with Crippen LogP contribution in [0.4, 0.5) is 0 Å². The minimum Gasteiger partial charge on any atom is -0.312 e. The molecule has 0 aliphatic rings. The van der Waals surface area contributed by atoms with Crippen LogP contribution in [0.3, 0.4) is 0 Å². The van der Waals surface area contributed by atoms with Crippen molar-refractivity contribution in [3.05, 3.63) is 66.5 Å². The molecule has 1 atom stereocenters. The Labute approximate surface area is 185 Å². The van der Waals surface area contributed by atoms with Gasteiger partial charge in [-0.15, -0.1) is 0 Å². The van der Waals surface area contributed by atoms with Crippen molar-refractivity contribution in [1.29, 1.82) is 0 Å². The molecule has 2 aromatic rings. The van der Waals surface area contributed by atoms with Gasteiger partial charge >= 0.3 is 5.69 Å². The van der Waals surface area contributed by atoms with E-state index in [0.717, 1.165) is 49.1 Å². The van der Waals surface area contributed by atoms with Crippen LogP contribution in [-0.4, -0.2) is 35.5 Å². The maximum absolute atomic E-state index is 13.5.